The van der Waals surface area contributed by atoms with Crippen LogP contribution in [0.1, 0.15) is 27.2 Å². The zero-order valence-electron chi connectivity index (χ0n) is 6.90. The lowest BCUT2D eigenvalue weighted by molar-refractivity contribution is 0.170. The second kappa shape index (κ2) is 3.08. The molecule has 0 saturated heterocycles. The van der Waals surface area contributed by atoms with E-state index in [9.17, 15) is 8.42 Å². The summed E-state index contributed by atoms with van der Waals surface area (Å²) in [5.74, 6) is 0. The van der Waals surface area contributed by atoms with E-state index in [4.69, 9.17) is 9.66 Å². The lowest BCUT2D eigenvalue weighted by Crippen LogP contribution is -2.34. The highest BCUT2D eigenvalue weighted by Gasteiger charge is 2.33. The molecule has 0 aromatic carbocycles. The molecule has 0 aromatic heterocycles. The SMILES string of the molecule is CC(O)CC(C)(C)S(=O)(=O)O. The van der Waals surface area contributed by atoms with Gasteiger partial charge in [0.05, 0.1) is 10.9 Å². The normalized spacial score (nSPS) is 16.5. The van der Waals surface area contributed by atoms with Gasteiger partial charge in [-0.25, -0.2) is 0 Å². The highest BCUT2D eigenvalue weighted by Crippen LogP contribution is 2.20. The molecule has 0 aliphatic carbocycles. The van der Waals surface area contributed by atoms with Crippen LogP contribution >= 0.6 is 0 Å². The predicted octanol–water partition coefficient (Wildman–Crippen LogP) is 0.424. The smallest absolute Gasteiger partial charge is 0.270 e. The van der Waals surface area contributed by atoms with Gasteiger partial charge in [0, 0.05) is 0 Å². The van der Waals surface area contributed by atoms with Crippen LogP contribution in [0.25, 0.3) is 0 Å². The first-order valence-corrected chi connectivity index (χ1v) is 4.76. The van der Waals surface area contributed by atoms with Crippen LogP contribution in [-0.4, -0.2) is 28.9 Å². The molecule has 0 heterocycles. The van der Waals surface area contributed by atoms with Crippen molar-refractivity contribution >= 4 is 10.1 Å². The van der Waals surface area contributed by atoms with Gasteiger partial charge < -0.3 is 5.11 Å². The summed E-state index contributed by atoms with van der Waals surface area (Å²) in [4.78, 5) is 0. The van der Waals surface area contributed by atoms with Crippen molar-refractivity contribution in [1.29, 1.82) is 0 Å². The molecule has 2 N–H and O–H groups in total. The third kappa shape index (κ3) is 3.18. The summed E-state index contributed by atoms with van der Waals surface area (Å²) in [5, 5.41) is 8.88. The average Bonchev–Trinajstić information content (AvgIpc) is 1.56. The Bertz CT molecular complexity index is 215. The molecule has 0 aliphatic heterocycles. The molecule has 0 aliphatic rings. The van der Waals surface area contributed by atoms with Crippen LogP contribution in [0, 0.1) is 0 Å². The molecule has 0 fully saturated rings. The Morgan fingerprint density at radius 3 is 1.91 bits per heavy atom. The minimum absolute atomic E-state index is 0.0336. The number of hydrogen-bond acceptors (Lipinski definition) is 3. The minimum Gasteiger partial charge on any atom is -0.393 e. The summed E-state index contributed by atoms with van der Waals surface area (Å²) in [5.41, 5.74) is 0. The van der Waals surface area contributed by atoms with Crippen molar-refractivity contribution in [2.75, 3.05) is 0 Å². The molecule has 0 rings (SSSR count). The molecule has 0 bridgehead atoms. The second-order valence-corrected chi connectivity index (χ2v) is 5.34. The van der Waals surface area contributed by atoms with Gasteiger partial charge in [-0.3, -0.25) is 4.55 Å². The first-order valence-electron chi connectivity index (χ1n) is 3.32. The zero-order chi connectivity index (χ0) is 9.28. The molecule has 68 valence electrons. The van der Waals surface area contributed by atoms with Gasteiger partial charge in [0.25, 0.3) is 10.1 Å². The van der Waals surface area contributed by atoms with E-state index in [1.165, 1.54) is 20.8 Å². The van der Waals surface area contributed by atoms with E-state index in [0.29, 0.717) is 0 Å². The van der Waals surface area contributed by atoms with Gasteiger partial charge in [0.15, 0.2) is 0 Å². The molecule has 0 saturated carbocycles. The van der Waals surface area contributed by atoms with Crippen molar-refractivity contribution in [3.05, 3.63) is 0 Å². The summed E-state index contributed by atoms with van der Waals surface area (Å²) in [6, 6.07) is 0. The fraction of sp³-hybridized carbons (Fsp3) is 1.00. The summed E-state index contributed by atoms with van der Waals surface area (Å²) >= 11 is 0. The molecule has 0 radical (unpaired) electrons. The molecule has 1 unspecified atom stereocenters. The van der Waals surface area contributed by atoms with Crippen molar-refractivity contribution in [3.63, 3.8) is 0 Å². The molecule has 0 amide bonds. The Morgan fingerprint density at radius 1 is 1.45 bits per heavy atom. The first kappa shape index (κ1) is 10.9. The summed E-state index contributed by atoms with van der Waals surface area (Å²) in [6.45, 7) is 4.22. The Balaban J connectivity index is 4.49. The Morgan fingerprint density at radius 2 is 1.82 bits per heavy atom. The van der Waals surface area contributed by atoms with Crippen LogP contribution in [-0.2, 0) is 10.1 Å². The second-order valence-electron chi connectivity index (χ2n) is 3.29. The van der Waals surface area contributed by atoms with Crippen LogP contribution < -0.4 is 0 Å². The van der Waals surface area contributed by atoms with Gasteiger partial charge in [-0.1, -0.05) is 0 Å². The van der Waals surface area contributed by atoms with Gasteiger partial charge in [-0.2, -0.15) is 8.42 Å². The minimum atomic E-state index is -4.06. The molecule has 0 spiro atoms. The molecule has 5 heteroatoms. The fourth-order valence-electron chi connectivity index (χ4n) is 0.817. The van der Waals surface area contributed by atoms with Crippen LogP contribution in [0.4, 0.5) is 0 Å². The number of aliphatic hydroxyl groups is 1. The molecule has 11 heavy (non-hydrogen) atoms. The Hall–Kier alpha value is -0.130. The van der Waals surface area contributed by atoms with Gasteiger partial charge >= 0.3 is 0 Å². The summed E-state index contributed by atoms with van der Waals surface area (Å²) in [7, 11) is -4.06. The van der Waals surface area contributed by atoms with E-state index < -0.39 is 21.0 Å². The monoisotopic (exact) mass is 182 g/mol. The van der Waals surface area contributed by atoms with Crippen molar-refractivity contribution in [1.82, 2.24) is 0 Å². The van der Waals surface area contributed by atoms with E-state index in [1.54, 1.807) is 0 Å². The van der Waals surface area contributed by atoms with Gasteiger partial charge in [0.1, 0.15) is 0 Å². The standard InChI is InChI=1S/C6H14O4S/c1-5(7)4-6(2,3)11(8,9)10/h5,7H,4H2,1-3H3,(H,8,9,10). The Kier molecular flexibility index (Phi) is 3.05. The average molecular weight is 182 g/mol. The quantitative estimate of drug-likeness (QED) is 0.620. The maximum absolute atomic E-state index is 10.6. The Labute approximate surface area is 67.0 Å². The number of hydrogen-bond donors (Lipinski definition) is 2. The third-order valence-electron chi connectivity index (χ3n) is 1.49. The van der Waals surface area contributed by atoms with Gasteiger partial charge in [0.2, 0.25) is 0 Å². The molecular weight excluding hydrogens is 168 g/mol. The fourth-order valence-corrected chi connectivity index (χ4v) is 1.27. The van der Waals surface area contributed by atoms with Crippen LogP contribution in [0.3, 0.4) is 0 Å². The number of aliphatic hydroxyl groups excluding tert-OH is 1. The van der Waals surface area contributed by atoms with Gasteiger partial charge in [-0.05, 0) is 27.2 Å². The molecule has 0 aromatic rings. The van der Waals surface area contributed by atoms with E-state index in [-0.39, 0.29) is 6.42 Å². The first-order chi connectivity index (χ1) is 4.67. The predicted molar refractivity (Wildman–Crippen MR) is 41.9 cm³/mol. The van der Waals surface area contributed by atoms with Crippen LogP contribution in [0.15, 0.2) is 0 Å². The number of rotatable bonds is 3. The topological polar surface area (TPSA) is 74.6 Å². The summed E-state index contributed by atoms with van der Waals surface area (Å²) in [6.07, 6.45) is -0.696. The van der Waals surface area contributed by atoms with Crippen molar-refractivity contribution < 1.29 is 18.1 Å². The van der Waals surface area contributed by atoms with Crippen molar-refractivity contribution in [2.45, 2.75) is 38.0 Å². The molecule has 4 nitrogen and oxygen atoms in total. The summed E-state index contributed by atoms with van der Waals surface area (Å²) < 4.78 is 28.7. The van der Waals surface area contributed by atoms with E-state index in [1.807, 2.05) is 0 Å². The van der Waals surface area contributed by atoms with E-state index in [2.05, 4.69) is 0 Å². The van der Waals surface area contributed by atoms with Crippen molar-refractivity contribution in [3.8, 4) is 0 Å². The maximum Gasteiger partial charge on any atom is 0.270 e. The highest BCUT2D eigenvalue weighted by molar-refractivity contribution is 7.87. The van der Waals surface area contributed by atoms with Crippen molar-refractivity contribution in [2.24, 2.45) is 0 Å². The third-order valence-corrected chi connectivity index (χ3v) is 3.05. The molecule has 1 atom stereocenters. The highest BCUT2D eigenvalue weighted by atomic mass is 32.2. The zero-order valence-corrected chi connectivity index (χ0v) is 7.72. The molecular formula is C6H14O4S. The maximum atomic E-state index is 10.6. The van der Waals surface area contributed by atoms with Crippen LogP contribution in [0.5, 0.6) is 0 Å². The van der Waals surface area contributed by atoms with Gasteiger partial charge in [-0.15, -0.1) is 0 Å². The lowest BCUT2D eigenvalue weighted by atomic mass is 10.1. The largest absolute Gasteiger partial charge is 0.393 e. The van der Waals surface area contributed by atoms with E-state index >= 15 is 0 Å². The van der Waals surface area contributed by atoms with E-state index in [0.717, 1.165) is 0 Å². The van der Waals surface area contributed by atoms with Crippen LogP contribution in [0.2, 0.25) is 0 Å². The lowest BCUT2D eigenvalue weighted by Gasteiger charge is -2.21.